The van der Waals surface area contributed by atoms with Gasteiger partial charge in [0, 0.05) is 25.6 Å². The molecule has 1 aliphatic heterocycles. The van der Waals surface area contributed by atoms with Crippen molar-refractivity contribution < 1.29 is 9.84 Å². The fraction of sp³-hybridized carbons (Fsp3) is 0.500. The van der Waals surface area contributed by atoms with Crippen molar-refractivity contribution in [3.63, 3.8) is 0 Å². The Morgan fingerprint density at radius 3 is 2.81 bits per heavy atom. The van der Waals surface area contributed by atoms with E-state index in [1.807, 2.05) is 0 Å². The van der Waals surface area contributed by atoms with E-state index >= 15 is 0 Å². The lowest BCUT2D eigenvalue weighted by Crippen LogP contribution is -2.47. The highest BCUT2D eigenvalue weighted by atomic mass is 35.5. The maximum Gasteiger partial charge on any atom is 0.256 e. The number of aromatic nitrogens is 5. The zero-order valence-corrected chi connectivity index (χ0v) is 12.0. The Bertz CT molecular complexity index is 600. The molecule has 0 unspecified atom stereocenters. The van der Waals surface area contributed by atoms with E-state index in [9.17, 15) is 5.11 Å². The fourth-order valence-corrected chi connectivity index (χ4v) is 2.36. The van der Waals surface area contributed by atoms with Gasteiger partial charge in [-0.05, 0) is 30.5 Å². The molecule has 0 bridgehead atoms. The van der Waals surface area contributed by atoms with E-state index in [1.54, 1.807) is 18.5 Å². The van der Waals surface area contributed by atoms with Gasteiger partial charge in [-0.2, -0.15) is 20.1 Å². The van der Waals surface area contributed by atoms with Gasteiger partial charge in [-0.25, -0.2) is 4.68 Å². The summed E-state index contributed by atoms with van der Waals surface area (Å²) in [6, 6.07) is 1.76. The maximum atomic E-state index is 9.69. The third kappa shape index (κ3) is 3.12. The number of aliphatic hydroxyl groups excluding tert-OH is 1. The molecule has 0 saturated carbocycles. The number of ether oxygens (including phenoxy) is 1. The van der Waals surface area contributed by atoms with Crippen LogP contribution >= 0.6 is 11.6 Å². The number of halogens is 1. The number of anilines is 1. The quantitative estimate of drug-likeness (QED) is 0.856. The van der Waals surface area contributed by atoms with Crippen molar-refractivity contribution in [1.82, 2.24) is 24.7 Å². The molecule has 0 radical (unpaired) electrons. The van der Waals surface area contributed by atoms with E-state index < -0.39 is 5.54 Å². The lowest BCUT2D eigenvalue weighted by atomic mass is 9.91. The predicted molar refractivity (Wildman–Crippen MR) is 75.5 cm³/mol. The van der Waals surface area contributed by atoms with Gasteiger partial charge >= 0.3 is 0 Å². The molecule has 8 nitrogen and oxygen atoms in total. The first-order chi connectivity index (χ1) is 10.2. The van der Waals surface area contributed by atoms with E-state index in [0.29, 0.717) is 38.0 Å². The van der Waals surface area contributed by atoms with Crippen LogP contribution in [-0.4, -0.2) is 55.2 Å². The van der Waals surface area contributed by atoms with Gasteiger partial charge in [0.15, 0.2) is 0 Å². The standard InChI is InChI=1S/C12H15ClN6O2/c13-9-15-10(17-11(16-9)19-5-1-4-14-19)18-12(8-20)2-6-21-7-3-12/h1,4-5,20H,2-3,6-8H2,(H,15,16,17,18). The van der Waals surface area contributed by atoms with E-state index in [4.69, 9.17) is 16.3 Å². The van der Waals surface area contributed by atoms with Crippen LogP contribution in [0.3, 0.4) is 0 Å². The van der Waals surface area contributed by atoms with Gasteiger partial charge in [0.05, 0.1) is 12.1 Å². The molecule has 0 spiro atoms. The van der Waals surface area contributed by atoms with Gasteiger partial charge in [0.2, 0.25) is 11.2 Å². The Balaban J connectivity index is 1.88. The first kappa shape index (κ1) is 14.2. The second-order valence-corrected chi connectivity index (χ2v) is 5.19. The van der Waals surface area contributed by atoms with E-state index in [-0.39, 0.29) is 11.9 Å². The third-order valence-electron chi connectivity index (χ3n) is 3.44. The van der Waals surface area contributed by atoms with Crippen LogP contribution in [0.4, 0.5) is 5.95 Å². The van der Waals surface area contributed by atoms with Crippen molar-refractivity contribution in [2.75, 3.05) is 25.1 Å². The van der Waals surface area contributed by atoms with Crippen LogP contribution in [0.5, 0.6) is 0 Å². The molecule has 1 saturated heterocycles. The van der Waals surface area contributed by atoms with Gasteiger partial charge in [-0.15, -0.1) is 0 Å². The minimum atomic E-state index is -0.496. The Labute approximate surface area is 126 Å². The summed E-state index contributed by atoms with van der Waals surface area (Å²) in [5.41, 5.74) is -0.496. The van der Waals surface area contributed by atoms with Crippen molar-refractivity contribution in [2.24, 2.45) is 0 Å². The van der Waals surface area contributed by atoms with Gasteiger partial charge < -0.3 is 15.2 Å². The summed E-state index contributed by atoms with van der Waals surface area (Å²) in [5, 5.41) is 17.0. The first-order valence-electron chi connectivity index (χ1n) is 6.59. The van der Waals surface area contributed by atoms with Crippen LogP contribution in [0.25, 0.3) is 5.95 Å². The van der Waals surface area contributed by atoms with Crippen LogP contribution in [0.2, 0.25) is 5.28 Å². The second-order valence-electron chi connectivity index (χ2n) is 4.85. The molecule has 2 aromatic heterocycles. The summed E-state index contributed by atoms with van der Waals surface area (Å²) in [5.74, 6) is 0.638. The molecule has 3 rings (SSSR count). The number of nitrogens with zero attached hydrogens (tertiary/aromatic N) is 5. The first-order valence-corrected chi connectivity index (χ1v) is 6.97. The van der Waals surface area contributed by atoms with Gasteiger partial charge in [0.25, 0.3) is 5.95 Å². The zero-order valence-electron chi connectivity index (χ0n) is 11.2. The average Bonchev–Trinajstić information content (AvgIpc) is 3.02. The molecule has 21 heavy (non-hydrogen) atoms. The van der Waals surface area contributed by atoms with Crippen LogP contribution in [0.1, 0.15) is 12.8 Å². The van der Waals surface area contributed by atoms with E-state index in [2.05, 4.69) is 25.4 Å². The Kier molecular flexibility index (Phi) is 4.00. The normalized spacial score (nSPS) is 17.6. The number of aliphatic hydroxyl groups is 1. The fourth-order valence-electron chi connectivity index (χ4n) is 2.21. The molecule has 2 aromatic rings. The highest BCUT2D eigenvalue weighted by Crippen LogP contribution is 2.24. The van der Waals surface area contributed by atoms with E-state index in [0.717, 1.165) is 0 Å². The van der Waals surface area contributed by atoms with Crippen molar-refractivity contribution in [3.05, 3.63) is 23.7 Å². The summed E-state index contributed by atoms with van der Waals surface area (Å²) < 4.78 is 6.82. The van der Waals surface area contributed by atoms with Crippen LogP contribution in [-0.2, 0) is 4.74 Å². The molecule has 0 aromatic carbocycles. The summed E-state index contributed by atoms with van der Waals surface area (Å²) in [6.07, 6.45) is 4.68. The average molecular weight is 311 g/mol. The molecule has 0 atom stereocenters. The highest BCUT2D eigenvalue weighted by molar-refractivity contribution is 6.28. The molecule has 1 aliphatic rings. The molecule has 0 aliphatic carbocycles. The number of hydrogen-bond acceptors (Lipinski definition) is 7. The Hall–Kier alpha value is -1.77. The third-order valence-corrected chi connectivity index (χ3v) is 3.60. The molecule has 112 valence electrons. The van der Waals surface area contributed by atoms with Crippen molar-refractivity contribution in [1.29, 1.82) is 0 Å². The van der Waals surface area contributed by atoms with Crippen LogP contribution in [0.15, 0.2) is 18.5 Å². The molecule has 1 fully saturated rings. The van der Waals surface area contributed by atoms with Crippen molar-refractivity contribution in [3.8, 4) is 5.95 Å². The van der Waals surface area contributed by atoms with Crippen LogP contribution in [0, 0.1) is 0 Å². The second kappa shape index (κ2) is 5.92. The van der Waals surface area contributed by atoms with Crippen LogP contribution < -0.4 is 5.32 Å². The molecule has 2 N–H and O–H groups in total. The molecule has 0 amide bonds. The van der Waals surface area contributed by atoms with Gasteiger partial charge in [0.1, 0.15) is 0 Å². The number of rotatable bonds is 4. The Morgan fingerprint density at radius 2 is 2.14 bits per heavy atom. The minimum absolute atomic E-state index is 0.0310. The maximum absolute atomic E-state index is 9.69. The van der Waals surface area contributed by atoms with Crippen molar-refractivity contribution >= 4 is 17.5 Å². The lowest BCUT2D eigenvalue weighted by molar-refractivity contribution is 0.0377. The molecule has 3 heterocycles. The summed E-state index contributed by atoms with van der Waals surface area (Å²) in [6.45, 7) is 1.13. The monoisotopic (exact) mass is 310 g/mol. The molecule has 9 heteroatoms. The Morgan fingerprint density at radius 1 is 1.33 bits per heavy atom. The van der Waals surface area contributed by atoms with Gasteiger partial charge in [-0.1, -0.05) is 0 Å². The van der Waals surface area contributed by atoms with Crippen molar-refractivity contribution in [2.45, 2.75) is 18.4 Å². The highest BCUT2D eigenvalue weighted by Gasteiger charge is 2.33. The number of nitrogens with one attached hydrogen (secondary N) is 1. The summed E-state index contributed by atoms with van der Waals surface area (Å²) >= 11 is 5.94. The smallest absolute Gasteiger partial charge is 0.256 e. The number of hydrogen-bond donors (Lipinski definition) is 2. The predicted octanol–water partition coefficient (Wildman–Crippen LogP) is 0.664. The summed E-state index contributed by atoms with van der Waals surface area (Å²) in [7, 11) is 0. The lowest BCUT2D eigenvalue weighted by Gasteiger charge is -2.36. The SMILES string of the molecule is OCC1(Nc2nc(Cl)nc(-n3cccn3)n2)CCOCC1. The topological polar surface area (TPSA) is 98.0 Å². The van der Waals surface area contributed by atoms with Gasteiger partial charge in [-0.3, -0.25) is 0 Å². The largest absolute Gasteiger partial charge is 0.394 e. The summed E-state index contributed by atoms with van der Waals surface area (Å²) in [4.78, 5) is 12.4. The van der Waals surface area contributed by atoms with E-state index in [1.165, 1.54) is 4.68 Å². The molecular weight excluding hydrogens is 296 g/mol. The molecular formula is C12H15ClN6O2. The zero-order chi connectivity index (χ0) is 14.7. The minimum Gasteiger partial charge on any atom is -0.394 e.